The standard InChI is InChI=1S/C20H40O3/c1-6-18(4)23-19(17(2)3)15-13-11-9-7-8-10-12-14-16-20(21)22-5/h17-19H,6-16H2,1-5H3/t18?,19-/m1/s1. The van der Waals surface area contributed by atoms with Crippen LogP contribution in [0.2, 0.25) is 0 Å². The van der Waals surface area contributed by atoms with Crippen LogP contribution in [0.15, 0.2) is 0 Å². The lowest BCUT2D eigenvalue weighted by Crippen LogP contribution is -2.24. The van der Waals surface area contributed by atoms with Crippen molar-refractivity contribution in [1.82, 2.24) is 0 Å². The van der Waals surface area contributed by atoms with E-state index in [0.717, 1.165) is 19.3 Å². The number of carbonyl (C=O) groups is 1. The highest BCUT2D eigenvalue weighted by molar-refractivity contribution is 5.68. The largest absolute Gasteiger partial charge is 0.469 e. The molecule has 0 rings (SSSR count). The first-order chi connectivity index (χ1) is 11.0. The number of carbonyl (C=O) groups excluding carboxylic acids is 1. The van der Waals surface area contributed by atoms with Gasteiger partial charge in [-0.15, -0.1) is 0 Å². The fourth-order valence-electron chi connectivity index (χ4n) is 2.73. The first-order valence-corrected chi connectivity index (χ1v) is 9.73. The lowest BCUT2D eigenvalue weighted by molar-refractivity contribution is -0.140. The maximum atomic E-state index is 11.0. The van der Waals surface area contributed by atoms with Crippen LogP contribution >= 0.6 is 0 Å². The maximum Gasteiger partial charge on any atom is 0.305 e. The van der Waals surface area contributed by atoms with Gasteiger partial charge in [-0.3, -0.25) is 4.79 Å². The Morgan fingerprint density at radius 2 is 1.39 bits per heavy atom. The predicted octanol–water partition coefficient (Wildman–Crippen LogP) is 5.90. The molecule has 0 saturated heterocycles. The van der Waals surface area contributed by atoms with E-state index in [1.807, 2.05) is 0 Å². The molecule has 0 amide bonds. The Hall–Kier alpha value is -0.570. The van der Waals surface area contributed by atoms with Crippen LogP contribution in [0, 0.1) is 5.92 Å². The molecule has 0 aliphatic heterocycles. The molecule has 0 fully saturated rings. The minimum absolute atomic E-state index is 0.0793. The molecule has 1 unspecified atom stereocenters. The number of methoxy groups -OCH3 is 1. The van der Waals surface area contributed by atoms with Crippen molar-refractivity contribution in [3.05, 3.63) is 0 Å². The fraction of sp³-hybridized carbons (Fsp3) is 0.950. The highest BCUT2D eigenvalue weighted by Crippen LogP contribution is 2.19. The van der Waals surface area contributed by atoms with Gasteiger partial charge in [0.25, 0.3) is 0 Å². The molecule has 0 bridgehead atoms. The minimum Gasteiger partial charge on any atom is -0.469 e. The van der Waals surface area contributed by atoms with Crippen LogP contribution in [0.5, 0.6) is 0 Å². The third-order valence-corrected chi connectivity index (χ3v) is 4.57. The van der Waals surface area contributed by atoms with E-state index in [2.05, 4.69) is 32.4 Å². The molecule has 3 nitrogen and oxygen atoms in total. The van der Waals surface area contributed by atoms with Gasteiger partial charge in [0.15, 0.2) is 0 Å². The number of rotatable bonds is 15. The number of ether oxygens (including phenoxy) is 2. The highest BCUT2D eigenvalue weighted by Gasteiger charge is 2.15. The third-order valence-electron chi connectivity index (χ3n) is 4.57. The molecule has 0 radical (unpaired) electrons. The van der Waals surface area contributed by atoms with Gasteiger partial charge in [0.1, 0.15) is 0 Å². The molecule has 0 spiro atoms. The second-order valence-corrected chi connectivity index (χ2v) is 7.08. The molecule has 0 aromatic rings. The molecular formula is C20H40O3. The summed E-state index contributed by atoms with van der Waals surface area (Å²) in [5.74, 6) is 0.531. The summed E-state index contributed by atoms with van der Waals surface area (Å²) in [5, 5.41) is 0. The molecule has 0 aliphatic carbocycles. The van der Waals surface area contributed by atoms with Crippen molar-refractivity contribution in [3.63, 3.8) is 0 Å². The van der Waals surface area contributed by atoms with Gasteiger partial charge in [-0.05, 0) is 32.1 Å². The number of hydrogen-bond acceptors (Lipinski definition) is 3. The van der Waals surface area contributed by atoms with Crippen LogP contribution in [-0.2, 0) is 14.3 Å². The van der Waals surface area contributed by atoms with E-state index in [4.69, 9.17) is 4.74 Å². The van der Waals surface area contributed by atoms with Crippen LogP contribution < -0.4 is 0 Å². The van der Waals surface area contributed by atoms with Gasteiger partial charge in [0, 0.05) is 6.42 Å². The van der Waals surface area contributed by atoms with Gasteiger partial charge in [-0.25, -0.2) is 0 Å². The second-order valence-electron chi connectivity index (χ2n) is 7.08. The molecule has 0 N–H and O–H groups in total. The Bertz CT molecular complexity index is 276. The summed E-state index contributed by atoms with van der Waals surface area (Å²) in [4.78, 5) is 11.0. The first kappa shape index (κ1) is 22.4. The zero-order valence-electron chi connectivity index (χ0n) is 16.2. The van der Waals surface area contributed by atoms with Crippen molar-refractivity contribution in [2.45, 2.75) is 111 Å². The van der Waals surface area contributed by atoms with Crippen LogP contribution in [-0.4, -0.2) is 25.3 Å². The molecule has 3 heteroatoms. The molecular weight excluding hydrogens is 288 g/mol. The van der Waals surface area contributed by atoms with Gasteiger partial charge in [0.2, 0.25) is 0 Å². The SMILES string of the molecule is CCC(C)O[C@H](CCCCCCCCCCC(=O)OC)C(C)C. The van der Waals surface area contributed by atoms with E-state index in [1.165, 1.54) is 52.1 Å². The average Bonchev–Trinajstić information content (AvgIpc) is 2.54. The zero-order valence-corrected chi connectivity index (χ0v) is 16.2. The number of hydrogen-bond donors (Lipinski definition) is 0. The first-order valence-electron chi connectivity index (χ1n) is 9.73. The third kappa shape index (κ3) is 13.6. The van der Waals surface area contributed by atoms with Gasteiger partial charge < -0.3 is 9.47 Å². The van der Waals surface area contributed by atoms with Gasteiger partial charge in [0.05, 0.1) is 19.3 Å². The van der Waals surface area contributed by atoms with Crippen molar-refractivity contribution in [2.24, 2.45) is 5.92 Å². The van der Waals surface area contributed by atoms with Crippen molar-refractivity contribution in [2.75, 3.05) is 7.11 Å². The summed E-state index contributed by atoms with van der Waals surface area (Å²) in [5.41, 5.74) is 0. The molecule has 138 valence electrons. The molecule has 0 saturated carbocycles. The molecule has 0 aromatic carbocycles. The molecule has 0 aromatic heterocycles. The minimum atomic E-state index is -0.0793. The highest BCUT2D eigenvalue weighted by atomic mass is 16.5. The summed E-state index contributed by atoms with van der Waals surface area (Å²) in [6.45, 7) is 8.89. The van der Waals surface area contributed by atoms with Crippen molar-refractivity contribution >= 4 is 5.97 Å². The number of unbranched alkanes of at least 4 members (excludes halogenated alkanes) is 7. The Balaban J connectivity index is 3.47. The fourth-order valence-corrected chi connectivity index (χ4v) is 2.73. The van der Waals surface area contributed by atoms with Crippen LogP contribution in [0.1, 0.15) is 98.3 Å². The van der Waals surface area contributed by atoms with Gasteiger partial charge in [-0.2, -0.15) is 0 Å². The van der Waals surface area contributed by atoms with E-state index in [9.17, 15) is 4.79 Å². The van der Waals surface area contributed by atoms with Crippen LogP contribution in [0.25, 0.3) is 0 Å². The average molecular weight is 329 g/mol. The van der Waals surface area contributed by atoms with E-state index in [-0.39, 0.29) is 5.97 Å². The predicted molar refractivity (Wildman–Crippen MR) is 97.7 cm³/mol. The lowest BCUT2D eigenvalue weighted by Gasteiger charge is -2.25. The molecule has 0 aliphatic rings. The summed E-state index contributed by atoms with van der Waals surface area (Å²) in [7, 11) is 1.46. The Morgan fingerprint density at radius 3 is 1.87 bits per heavy atom. The molecule has 0 heterocycles. The van der Waals surface area contributed by atoms with Crippen molar-refractivity contribution in [3.8, 4) is 0 Å². The van der Waals surface area contributed by atoms with Crippen molar-refractivity contribution < 1.29 is 14.3 Å². The summed E-state index contributed by atoms with van der Waals surface area (Å²) in [6.07, 6.45) is 13.5. The number of esters is 1. The van der Waals surface area contributed by atoms with E-state index < -0.39 is 0 Å². The summed E-state index contributed by atoms with van der Waals surface area (Å²) < 4.78 is 10.8. The maximum absolute atomic E-state index is 11.0. The van der Waals surface area contributed by atoms with Crippen LogP contribution in [0.3, 0.4) is 0 Å². The van der Waals surface area contributed by atoms with E-state index in [1.54, 1.807) is 0 Å². The Labute approximate surface area is 144 Å². The van der Waals surface area contributed by atoms with E-state index in [0.29, 0.717) is 24.5 Å². The molecule has 2 atom stereocenters. The van der Waals surface area contributed by atoms with Crippen molar-refractivity contribution in [1.29, 1.82) is 0 Å². The van der Waals surface area contributed by atoms with Gasteiger partial charge >= 0.3 is 5.97 Å². The zero-order chi connectivity index (χ0) is 17.5. The quantitative estimate of drug-likeness (QED) is 0.277. The second kappa shape index (κ2) is 15.0. The molecule has 23 heavy (non-hydrogen) atoms. The monoisotopic (exact) mass is 328 g/mol. The smallest absolute Gasteiger partial charge is 0.305 e. The normalized spacial score (nSPS) is 14.0. The Kier molecular flexibility index (Phi) is 14.6. The lowest BCUT2D eigenvalue weighted by atomic mass is 9.99. The summed E-state index contributed by atoms with van der Waals surface area (Å²) in [6, 6.07) is 0. The van der Waals surface area contributed by atoms with Gasteiger partial charge in [-0.1, -0.05) is 65.7 Å². The summed E-state index contributed by atoms with van der Waals surface area (Å²) >= 11 is 0. The Morgan fingerprint density at radius 1 is 0.870 bits per heavy atom. The van der Waals surface area contributed by atoms with E-state index >= 15 is 0 Å². The topological polar surface area (TPSA) is 35.5 Å². The van der Waals surface area contributed by atoms with Crippen LogP contribution in [0.4, 0.5) is 0 Å².